The summed E-state index contributed by atoms with van der Waals surface area (Å²) in [6, 6.07) is 2.21. The lowest BCUT2D eigenvalue weighted by molar-refractivity contribution is 0.186. The molecule has 0 saturated carbocycles. The van der Waals surface area contributed by atoms with Crippen LogP contribution < -0.4 is 10.9 Å². The summed E-state index contributed by atoms with van der Waals surface area (Å²) in [6.45, 7) is 2.88. The Morgan fingerprint density at radius 3 is 3.32 bits per heavy atom. The van der Waals surface area contributed by atoms with Gasteiger partial charge in [0, 0.05) is 36.8 Å². The molecule has 1 saturated heterocycles. The Balaban J connectivity index is 1.79. The van der Waals surface area contributed by atoms with Gasteiger partial charge in [0.1, 0.15) is 0 Å². The summed E-state index contributed by atoms with van der Waals surface area (Å²) in [6.07, 6.45) is 4.20. The first-order valence-corrected chi connectivity index (χ1v) is 7.49. The van der Waals surface area contributed by atoms with Gasteiger partial charge in [-0.3, -0.25) is 14.1 Å². The van der Waals surface area contributed by atoms with Crippen LogP contribution in [-0.4, -0.2) is 40.5 Å². The molecule has 1 N–H and O–H groups in total. The Bertz CT molecular complexity index is 620. The standard InChI is InChI=1S/C13H18N4OS/c1-14-10-3-2-4-16(8-10)9-11-7-12(18)17-5-6-19-13(17)15-11/h5-7,10,14H,2-4,8-9H2,1H3. The second-order valence-corrected chi connectivity index (χ2v) is 5.88. The van der Waals surface area contributed by atoms with Crippen LogP contribution in [-0.2, 0) is 6.54 Å². The van der Waals surface area contributed by atoms with E-state index >= 15 is 0 Å². The van der Waals surface area contributed by atoms with E-state index in [0.717, 1.165) is 30.3 Å². The molecule has 0 spiro atoms. The number of fused-ring (bicyclic) bond motifs is 1. The maximum atomic E-state index is 11.9. The highest BCUT2D eigenvalue weighted by Gasteiger charge is 2.19. The average molecular weight is 278 g/mol. The predicted molar refractivity (Wildman–Crippen MR) is 76.7 cm³/mol. The van der Waals surface area contributed by atoms with Crippen LogP contribution in [0.4, 0.5) is 0 Å². The first-order valence-electron chi connectivity index (χ1n) is 6.61. The van der Waals surface area contributed by atoms with Crippen molar-refractivity contribution in [2.24, 2.45) is 0 Å². The van der Waals surface area contributed by atoms with Crippen LogP contribution in [0.5, 0.6) is 0 Å². The Morgan fingerprint density at radius 1 is 1.58 bits per heavy atom. The van der Waals surface area contributed by atoms with Crippen LogP contribution in [0.3, 0.4) is 0 Å². The highest BCUT2D eigenvalue weighted by atomic mass is 32.1. The summed E-state index contributed by atoms with van der Waals surface area (Å²) in [5, 5.41) is 5.22. The first-order chi connectivity index (χ1) is 9.26. The number of likely N-dealkylation sites (tertiary alicyclic amines) is 1. The number of nitrogens with zero attached hydrogens (tertiary/aromatic N) is 3. The summed E-state index contributed by atoms with van der Waals surface area (Å²) < 4.78 is 1.60. The van der Waals surface area contributed by atoms with E-state index in [4.69, 9.17) is 0 Å². The zero-order chi connectivity index (χ0) is 13.2. The molecule has 1 fully saturated rings. The van der Waals surface area contributed by atoms with E-state index in [0.29, 0.717) is 6.04 Å². The van der Waals surface area contributed by atoms with Gasteiger partial charge in [-0.25, -0.2) is 4.98 Å². The Kier molecular flexibility index (Phi) is 3.63. The molecule has 102 valence electrons. The van der Waals surface area contributed by atoms with E-state index in [9.17, 15) is 4.79 Å². The molecule has 0 amide bonds. The number of likely N-dealkylation sites (N-methyl/N-ethyl adjacent to an activating group) is 1. The van der Waals surface area contributed by atoms with Crippen molar-refractivity contribution in [3.63, 3.8) is 0 Å². The van der Waals surface area contributed by atoms with Gasteiger partial charge in [0.05, 0.1) is 5.69 Å². The van der Waals surface area contributed by atoms with Crippen LogP contribution in [0, 0.1) is 0 Å². The van der Waals surface area contributed by atoms with Crippen molar-refractivity contribution >= 4 is 16.3 Å². The Morgan fingerprint density at radius 2 is 2.47 bits per heavy atom. The lowest BCUT2D eigenvalue weighted by Gasteiger charge is -2.32. The summed E-state index contributed by atoms with van der Waals surface area (Å²) >= 11 is 1.50. The Hall–Kier alpha value is -1.24. The van der Waals surface area contributed by atoms with Crippen LogP contribution in [0.25, 0.3) is 4.96 Å². The topological polar surface area (TPSA) is 49.6 Å². The van der Waals surface area contributed by atoms with Gasteiger partial charge in [0.15, 0.2) is 4.96 Å². The fourth-order valence-corrected chi connectivity index (χ4v) is 3.37. The van der Waals surface area contributed by atoms with E-state index in [-0.39, 0.29) is 5.56 Å². The maximum Gasteiger partial charge on any atom is 0.258 e. The third-order valence-corrected chi connectivity index (χ3v) is 4.41. The molecule has 2 aromatic rings. The third kappa shape index (κ3) is 2.70. The van der Waals surface area contributed by atoms with Gasteiger partial charge in [0.2, 0.25) is 0 Å². The zero-order valence-electron chi connectivity index (χ0n) is 11.0. The van der Waals surface area contributed by atoms with Gasteiger partial charge < -0.3 is 5.32 Å². The minimum atomic E-state index is 0.0171. The molecule has 1 unspecified atom stereocenters. The molecule has 0 bridgehead atoms. The van der Waals surface area contributed by atoms with E-state index in [1.54, 1.807) is 16.7 Å². The lowest BCUT2D eigenvalue weighted by Crippen LogP contribution is -2.44. The SMILES string of the molecule is CNC1CCCN(Cc2cc(=O)n3ccsc3n2)C1. The fraction of sp³-hybridized carbons (Fsp3) is 0.538. The maximum absolute atomic E-state index is 11.9. The summed E-state index contributed by atoms with van der Waals surface area (Å²) in [7, 11) is 2.01. The van der Waals surface area contributed by atoms with Gasteiger partial charge in [-0.1, -0.05) is 0 Å². The highest BCUT2D eigenvalue weighted by Crippen LogP contribution is 2.13. The molecular formula is C13H18N4OS. The lowest BCUT2D eigenvalue weighted by atomic mass is 10.1. The number of aromatic nitrogens is 2. The molecule has 0 aromatic carbocycles. The normalized spacial score (nSPS) is 21.0. The van der Waals surface area contributed by atoms with Crippen molar-refractivity contribution in [3.8, 4) is 0 Å². The van der Waals surface area contributed by atoms with Crippen molar-refractivity contribution in [1.29, 1.82) is 0 Å². The summed E-state index contributed by atoms with van der Waals surface area (Å²) in [5.41, 5.74) is 0.896. The van der Waals surface area contributed by atoms with Crippen molar-refractivity contribution in [2.75, 3.05) is 20.1 Å². The van der Waals surface area contributed by atoms with Crippen molar-refractivity contribution in [3.05, 3.63) is 33.7 Å². The summed E-state index contributed by atoms with van der Waals surface area (Å²) in [4.78, 5) is 19.6. The predicted octanol–water partition coefficient (Wildman–Crippen LogP) is 0.940. The molecule has 1 aliphatic rings. The van der Waals surface area contributed by atoms with E-state index in [1.807, 2.05) is 12.4 Å². The smallest absolute Gasteiger partial charge is 0.258 e. The van der Waals surface area contributed by atoms with E-state index in [2.05, 4.69) is 15.2 Å². The molecule has 1 aliphatic heterocycles. The minimum Gasteiger partial charge on any atom is -0.316 e. The average Bonchev–Trinajstić information content (AvgIpc) is 2.88. The number of piperidine rings is 1. The molecule has 3 heterocycles. The minimum absolute atomic E-state index is 0.0171. The van der Waals surface area contributed by atoms with Crippen LogP contribution in [0.1, 0.15) is 18.5 Å². The quantitative estimate of drug-likeness (QED) is 0.908. The van der Waals surface area contributed by atoms with Crippen molar-refractivity contribution in [2.45, 2.75) is 25.4 Å². The number of rotatable bonds is 3. The molecule has 2 aromatic heterocycles. The molecule has 0 radical (unpaired) electrons. The molecule has 3 rings (SSSR count). The van der Waals surface area contributed by atoms with Crippen molar-refractivity contribution < 1.29 is 0 Å². The summed E-state index contributed by atoms with van der Waals surface area (Å²) in [5.74, 6) is 0. The Labute approximate surface area is 115 Å². The third-order valence-electron chi connectivity index (χ3n) is 3.66. The van der Waals surface area contributed by atoms with Crippen LogP contribution in [0.2, 0.25) is 0 Å². The highest BCUT2D eigenvalue weighted by molar-refractivity contribution is 7.15. The van der Waals surface area contributed by atoms with Crippen LogP contribution in [0.15, 0.2) is 22.4 Å². The number of thiazole rings is 1. The molecule has 6 heteroatoms. The second-order valence-electron chi connectivity index (χ2n) is 5.00. The molecule has 5 nitrogen and oxygen atoms in total. The van der Waals surface area contributed by atoms with E-state index < -0.39 is 0 Å². The number of hydrogen-bond acceptors (Lipinski definition) is 5. The second kappa shape index (κ2) is 5.40. The first kappa shape index (κ1) is 12.8. The monoisotopic (exact) mass is 278 g/mol. The zero-order valence-corrected chi connectivity index (χ0v) is 11.8. The van der Waals surface area contributed by atoms with Gasteiger partial charge >= 0.3 is 0 Å². The van der Waals surface area contributed by atoms with Gasteiger partial charge in [-0.05, 0) is 26.4 Å². The fourth-order valence-electron chi connectivity index (χ4n) is 2.63. The molecule has 19 heavy (non-hydrogen) atoms. The molecule has 0 aliphatic carbocycles. The van der Waals surface area contributed by atoms with E-state index in [1.165, 1.54) is 24.2 Å². The van der Waals surface area contributed by atoms with Crippen LogP contribution >= 0.6 is 11.3 Å². The van der Waals surface area contributed by atoms with Crippen molar-refractivity contribution in [1.82, 2.24) is 19.6 Å². The number of hydrogen-bond donors (Lipinski definition) is 1. The van der Waals surface area contributed by atoms with Gasteiger partial charge in [0.25, 0.3) is 5.56 Å². The molecular weight excluding hydrogens is 260 g/mol. The molecule has 1 atom stereocenters. The largest absolute Gasteiger partial charge is 0.316 e. The van der Waals surface area contributed by atoms with Gasteiger partial charge in [-0.2, -0.15) is 0 Å². The van der Waals surface area contributed by atoms with Gasteiger partial charge in [-0.15, -0.1) is 11.3 Å². The number of nitrogens with one attached hydrogen (secondary N) is 1.